The maximum atomic E-state index is 13.0. The van der Waals surface area contributed by atoms with Crippen molar-refractivity contribution in [1.29, 1.82) is 0 Å². The van der Waals surface area contributed by atoms with E-state index in [2.05, 4.69) is 10.3 Å². The Morgan fingerprint density at radius 1 is 1.12 bits per heavy atom. The number of nitrogens with zero attached hydrogens (tertiary/aromatic N) is 1. The van der Waals surface area contributed by atoms with Crippen LogP contribution in [0.25, 0.3) is 17.3 Å². The first-order valence-corrected chi connectivity index (χ1v) is 8.80. The largest absolute Gasteiger partial charge is 0.298 e. The van der Waals surface area contributed by atoms with Gasteiger partial charge in [-0.1, -0.05) is 29.3 Å². The molecule has 7 heteroatoms. The fourth-order valence-electron chi connectivity index (χ4n) is 2.02. The number of nitrogens with one attached hydrogen (secondary N) is 1. The van der Waals surface area contributed by atoms with E-state index < -0.39 is 0 Å². The molecule has 0 aliphatic heterocycles. The molecule has 0 saturated carbocycles. The highest BCUT2D eigenvalue weighted by atomic mass is 35.5. The van der Waals surface area contributed by atoms with Gasteiger partial charge in [0.1, 0.15) is 5.82 Å². The summed E-state index contributed by atoms with van der Waals surface area (Å²) in [5.74, 6) is -0.619. The summed E-state index contributed by atoms with van der Waals surface area (Å²) in [5, 5.41) is 5.83. The summed E-state index contributed by atoms with van der Waals surface area (Å²) >= 11 is 13.1. The lowest BCUT2D eigenvalue weighted by atomic mass is 10.2. The van der Waals surface area contributed by atoms with Gasteiger partial charge in [-0.05, 0) is 48.0 Å². The Bertz CT molecular complexity index is 939. The van der Waals surface area contributed by atoms with Crippen LogP contribution in [0.1, 0.15) is 5.56 Å². The number of thiazole rings is 1. The van der Waals surface area contributed by atoms with Crippen LogP contribution in [0.15, 0.2) is 53.9 Å². The molecule has 126 valence electrons. The molecule has 25 heavy (non-hydrogen) atoms. The summed E-state index contributed by atoms with van der Waals surface area (Å²) in [7, 11) is 0. The number of amides is 1. The maximum Gasteiger partial charge on any atom is 0.250 e. The summed E-state index contributed by atoms with van der Waals surface area (Å²) in [6, 6.07) is 11.1. The quantitative estimate of drug-likeness (QED) is 0.560. The molecule has 0 unspecified atom stereocenters. The van der Waals surface area contributed by atoms with Crippen molar-refractivity contribution in [2.24, 2.45) is 0 Å². The van der Waals surface area contributed by atoms with Crippen molar-refractivity contribution in [2.45, 2.75) is 0 Å². The number of benzene rings is 2. The maximum absolute atomic E-state index is 13.0. The van der Waals surface area contributed by atoms with Crippen LogP contribution >= 0.6 is 34.5 Å². The molecular formula is C18H11Cl2FN2OS. The average molecular weight is 393 g/mol. The monoisotopic (exact) mass is 392 g/mol. The van der Waals surface area contributed by atoms with E-state index in [1.54, 1.807) is 41.8 Å². The summed E-state index contributed by atoms with van der Waals surface area (Å²) < 4.78 is 13.0. The molecule has 0 bridgehead atoms. The summed E-state index contributed by atoms with van der Waals surface area (Å²) in [6.45, 7) is 0. The minimum absolute atomic E-state index is 0.306. The molecule has 3 rings (SSSR count). The second kappa shape index (κ2) is 7.78. The zero-order chi connectivity index (χ0) is 17.8. The molecule has 0 spiro atoms. The van der Waals surface area contributed by atoms with Crippen molar-refractivity contribution in [3.8, 4) is 11.3 Å². The number of hydrogen-bond donors (Lipinski definition) is 1. The van der Waals surface area contributed by atoms with Crippen LogP contribution in [0.2, 0.25) is 10.0 Å². The first-order valence-electron chi connectivity index (χ1n) is 7.17. The summed E-state index contributed by atoms with van der Waals surface area (Å²) in [4.78, 5) is 16.3. The molecule has 0 atom stereocenters. The molecule has 0 aliphatic rings. The average Bonchev–Trinajstić information content (AvgIpc) is 3.05. The molecule has 1 heterocycles. The van der Waals surface area contributed by atoms with Crippen molar-refractivity contribution >= 4 is 51.7 Å². The number of halogens is 3. The normalized spacial score (nSPS) is 11.0. The second-order valence-electron chi connectivity index (χ2n) is 5.04. The van der Waals surface area contributed by atoms with Gasteiger partial charge in [-0.3, -0.25) is 10.1 Å². The highest BCUT2D eigenvalue weighted by Gasteiger charge is 2.07. The van der Waals surface area contributed by atoms with Gasteiger partial charge in [-0.15, -0.1) is 11.3 Å². The highest BCUT2D eigenvalue weighted by Crippen LogP contribution is 2.25. The standard InChI is InChI=1S/C18H11Cl2FN2OS/c19-14-7-1-11(9-15(14)20)2-8-17(24)23-18-22-16(10-25-18)12-3-5-13(21)6-4-12/h1-10H,(H,22,23,24). The lowest BCUT2D eigenvalue weighted by Gasteiger charge is -1.99. The second-order valence-corrected chi connectivity index (χ2v) is 6.71. The van der Waals surface area contributed by atoms with E-state index in [9.17, 15) is 9.18 Å². The molecule has 2 aromatic carbocycles. The zero-order valence-electron chi connectivity index (χ0n) is 12.7. The van der Waals surface area contributed by atoms with E-state index in [0.717, 1.165) is 11.1 Å². The van der Waals surface area contributed by atoms with Crippen molar-refractivity contribution < 1.29 is 9.18 Å². The highest BCUT2D eigenvalue weighted by molar-refractivity contribution is 7.14. The van der Waals surface area contributed by atoms with E-state index in [4.69, 9.17) is 23.2 Å². The Morgan fingerprint density at radius 2 is 1.88 bits per heavy atom. The van der Waals surface area contributed by atoms with Gasteiger partial charge in [-0.25, -0.2) is 9.37 Å². The van der Waals surface area contributed by atoms with Gasteiger partial charge in [-0.2, -0.15) is 0 Å². The Balaban J connectivity index is 1.66. The molecule has 0 radical (unpaired) electrons. The van der Waals surface area contributed by atoms with Gasteiger partial charge < -0.3 is 0 Å². The fourth-order valence-corrected chi connectivity index (χ4v) is 3.05. The third-order valence-electron chi connectivity index (χ3n) is 3.25. The molecule has 0 aliphatic carbocycles. The van der Waals surface area contributed by atoms with Crippen LogP contribution in [0.5, 0.6) is 0 Å². The van der Waals surface area contributed by atoms with Gasteiger partial charge >= 0.3 is 0 Å². The molecule has 1 aromatic heterocycles. The van der Waals surface area contributed by atoms with E-state index in [1.165, 1.54) is 29.5 Å². The van der Waals surface area contributed by atoms with Crippen LogP contribution in [-0.4, -0.2) is 10.9 Å². The molecule has 3 aromatic rings. The number of rotatable bonds is 4. The Hall–Kier alpha value is -2.21. The molecule has 0 saturated heterocycles. The van der Waals surface area contributed by atoms with Crippen LogP contribution in [0.3, 0.4) is 0 Å². The topological polar surface area (TPSA) is 42.0 Å². The van der Waals surface area contributed by atoms with E-state index >= 15 is 0 Å². The Kier molecular flexibility index (Phi) is 5.48. The third-order valence-corrected chi connectivity index (χ3v) is 4.74. The number of anilines is 1. The zero-order valence-corrected chi connectivity index (χ0v) is 15.0. The van der Waals surface area contributed by atoms with Gasteiger partial charge in [0.2, 0.25) is 5.91 Å². The minimum Gasteiger partial charge on any atom is -0.298 e. The number of hydrogen-bond acceptors (Lipinski definition) is 3. The van der Waals surface area contributed by atoms with Gasteiger partial charge in [0, 0.05) is 17.0 Å². The van der Waals surface area contributed by atoms with Gasteiger partial charge in [0.05, 0.1) is 15.7 Å². The molecular weight excluding hydrogens is 382 g/mol. The van der Waals surface area contributed by atoms with Crippen LogP contribution < -0.4 is 5.32 Å². The fraction of sp³-hybridized carbons (Fsp3) is 0. The lowest BCUT2D eigenvalue weighted by Crippen LogP contribution is -2.07. The lowest BCUT2D eigenvalue weighted by molar-refractivity contribution is -0.111. The van der Waals surface area contributed by atoms with Crippen molar-refractivity contribution in [3.05, 3.63) is 75.3 Å². The van der Waals surface area contributed by atoms with Gasteiger partial charge in [0.15, 0.2) is 5.13 Å². The SMILES string of the molecule is O=C(C=Cc1ccc(Cl)c(Cl)c1)Nc1nc(-c2ccc(F)cc2)cs1. The van der Waals surface area contributed by atoms with Crippen LogP contribution in [0, 0.1) is 5.82 Å². The summed E-state index contributed by atoms with van der Waals surface area (Å²) in [5.41, 5.74) is 2.22. The Labute approximate surface area is 157 Å². The Morgan fingerprint density at radius 3 is 2.60 bits per heavy atom. The van der Waals surface area contributed by atoms with Gasteiger partial charge in [0.25, 0.3) is 0 Å². The predicted octanol–water partition coefficient (Wildman–Crippen LogP) is 5.91. The summed E-state index contributed by atoms with van der Waals surface area (Å²) in [6.07, 6.45) is 3.02. The number of carbonyl (C=O) groups excluding carboxylic acids is 1. The first-order chi connectivity index (χ1) is 12.0. The third kappa shape index (κ3) is 4.66. The molecule has 3 nitrogen and oxygen atoms in total. The van der Waals surface area contributed by atoms with Crippen LogP contribution in [0.4, 0.5) is 9.52 Å². The minimum atomic E-state index is -0.314. The van der Waals surface area contributed by atoms with E-state index in [-0.39, 0.29) is 11.7 Å². The number of carbonyl (C=O) groups is 1. The molecule has 1 amide bonds. The molecule has 1 N–H and O–H groups in total. The van der Waals surface area contributed by atoms with Crippen molar-refractivity contribution in [2.75, 3.05) is 5.32 Å². The predicted molar refractivity (Wildman–Crippen MR) is 102 cm³/mol. The van der Waals surface area contributed by atoms with E-state index in [0.29, 0.717) is 20.9 Å². The van der Waals surface area contributed by atoms with Crippen molar-refractivity contribution in [1.82, 2.24) is 4.98 Å². The smallest absolute Gasteiger partial charge is 0.250 e. The van der Waals surface area contributed by atoms with Crippen molar-refractivity contribution in [3.63, 3.8) is 0 Å². The number of aromatic nitrogens is 1. The molecule has 0 fully saturated rings. The van der Waals surface area contributed by atoms with Crippen LogP contribution in [-0.2, 0) is 4.79 Å². The van der Waals surface area contributed by atoms with E-state index in [1.807, 2.05) is 0 Å². The first kappa shape index (κ1) is 17.6.